The van der Waals surface area contributed by atoms with Crippen molar-refractivity contribution in [1.82, 2.24) is 20.2 Å². The lowest BCUT2D eigenvalue weighted by atomic mass is 9.89. The number of methoxy groups -OCH3 is 1. The highest BCUT2D eigenvalue weighted by Gasteiger charge is 2.36. The van der Waals surface area contributed by atoms with Gasteiger partial charge in [0.1, 0.15) is 18.4 Å². The summed E-state index contributed by atoms with van der Waals surface area (Å²) in [6.45, 7) is 2.00. The van der Waals surface area contributed by atoms with E-state index in [-0.39, 0.29) is 6.61 Å². The Morgan fingerprint density at radius 1 is 1.03 bits per heavy atom. The fraction of sp³-hybridized carbons (Fsp3) is 0.154. The molecule has 0 bridgehead atoms. The summed E-state index contributed by atoms with van der Waals surface area (Å²) in [6.07, 6.45) is 0. The van der Waals surface area contributed by atoms with Gasteiger partial charge in [-0.2, -0.15) is 4.68 Å². The molecule has 0 amide bonds. The smallest absolute Gasteiger partial charge is 0.338 e. The zero-order valence-corrected chi connectivity index (χ0v) is 18.8. The van der Waals surface area contributed by atoms with Crippen molar-refractivity contribution in [2.45, 2.75) is 19.6 Å². The van der Waals surface area contributed by atoms with Crippen LogP contribution >= 0.6 is 0 Å². The normalized spacial score (nSPS) is 14.8. The van der Waals surface area contributed by atoms with Gasteiger partial charge in [0.25, 0.3) is 0 Å². The number of fused-ring (bicyclic) bond motifs is 1. The molecule has 1 aromatic heterocycles. The van der Waals surface area contributed by atoms with E-state index < -0.39 is 12.0 Å². The summed E-state index contributed by atoms with van der Waals surface area (Å²) in [5, 5.41) is 15.2. The number of hydrogen-bond acceptors (Lipinski definition) is 7. The Bertz CT molecular complexity index is 1360. The maximum Gasteiger partial charge on any atom is 0.338 e. The van der Waals surface area contributed by atoms with E-state index in [1.54, 1.807) is 11.8 Å². The number of benzene rings is 3. The second-order valence-electron chi connectivity index (χ2n) is 7.89. The highest BCUT2D eigenvalue weighted by Crippen LogP contribution is 2.40. The van der Waals surface area contributed by atoms with Crippen LogP contribution in [-0.4, -0.2) is 33.3 Å². The number of carbonyl (C=O) groups excluding carboxylic acids is 1. The summed E-state index contributed by atoms with van der Waals surface area (Å²) in [7, 11) is 1.64. The van der Waals surface area contributed by atoms with E-state index >= 15 is 0 Å². The lowest BCUT2D eigenvalue weighted by Crippen LogP contribution is -2.30. The van der Waals surface area contributed by atoms with Crippen molar-refractivity contribution in [3.05, 3.63) is 101 Å². The molecule has 1 aliphatic rings. The quantitative estimate of drug-likeness (QED) is 0.433. The van der Waals surface area contributed by atoms with Gasteiger partial charge in [0.2, 0.25) is 5.95 Å². The Labute approximate surface area is 196 Å². The first-order chi connectivity index (χ1) is 16.7. The van der Waals surface area contributed by atoms with Gasteiger partial charge in [0.05, 0.1) is 12.7 Å². The van der Waals surface area contributed by atoms with Crippen molar-refractivity contribution < 1.29 is 14.3 Å². The third-order valence-electron chi connectivity index (χ3n) is 5.78. The maximum atomic E-state index is 13.4. The van der Waals surface area contributed by atoms with Crippen LogP contribution in [0.2, 0.25) is 0 Å². The van der Waals surface area contributed by atoms with E-state index in [0.29, 0.717) is 17.2 Å². The van der Waals surface area contributed by atoms with Crippen LogP contribution < -0.4 is 10.1 Å². The van der Waals surface area contributed by atoms with Gasteiger partial charge >= 0.3 is 5.97 Å². The van der Waals surface area contributed by atoms with Gasteiger partial charge in [-0.3, -0.25) is 0 Å². The van der Waals surface area contributed by atoms with Crippen LogP contribution in [0.5, 0.6) is 5.75 Å². The molecule has 1 aliphatic heterocycles. The fourth-order valence-electron chi connectivity index (χ4n) is 4.15. The number of hydrogen-bond donors (Lipinski definition) is 1. The van der Waals surface area contributed by atoms with Crippen molar-refractivity contribution in [1.29, 1.82) is 0 Å². The number of anilines is 1. The van der Waals surface area contributed by atoms with Crippen molar-refractivity contribution >= 4 is 11.9 Å². The lowest BCUT2D eigenvalue weighted by Gasteiger charge is -2.29. The molecule has 5 rings (SSSR count). The summed E-state index contributed by atoms with van der Waals surface area (Å²) < 4.78 is 12.8. The van der Waals surface area contributed by atoms with Gasteiger partial charge in [-0.15, -0.1) is 0 Å². The minimum atomic E-state index is -0.572. The molecule has 2 heterocycles. The van der Waals surface area contributed by atoms with Crippen LogP contribution in [0, 0.1) is 0 Å². The second kappa shape index (κ2) is 9.19. The first-order valence-electron chi connectivity index (χ1n) is 10.9. The van der Waals surface area contributed by atoms with Crippen LogP contribution in [0.4, 0.5) is 5.95 Å². The molecule has 0 saturated heterocycles. The third kappa shape index (κ3) is 4.01. The molecule has 1 N–H and O–H groups in total. The molecule has 0 spiro atoms. The number of allylic oxidation sites excluding steroid dienone is 1. The molecule has 0 saturated carbocycles. The van der Waals surface area contributed by atoms with Gasteiger partial charge in [-0.25, -0.2) is 4.79 Å². The molecule has 0 unspecified atom stereocenters. The van der Waals surface area contributed by atoms with Crippen molar-refractivity contribution in [2.24, 2.45) is 0 Å². The average Bonchev–Trinajstić information content (AvgIpc) is 3.35. The van der Waals surface area contributed by atoms with Crippen LogP contribution in [0.15, 0.2) is 90.1 Å². The zero-order valence-electron chi connectivity index (χ0n) is 18.8. The van der Waals surface area contributed by atoms with Crippen LogP contribution in [0.3, 0.4) is 0 Å². The molecule has 1 atom stereocenters. The van der Waals surface area contributed by atoms with E-state index in [2.05, 4.69) is 20.8 Å². The van der Waals surface area contributed by atoms with Crippen molar-refractivity contribution in [2.75, 3.05) is 12.4 Å². The Hall–Kier alpha value is -4.46. The van der Waals surface area contributed by atoms with Gasteiger partial charge in [-0.05, 0) is 51.7 Å². The number of carbonyl (C=O) groups is 1. The fourth-order valence-corrected chi connectivity index (χ4v) is 4.15. The van der Waals surface area contributed by atoms with E-state index in [9.17, 15) is 4.79 Å². The molecule has 3 aromatic carbocycles. The molecule has 8 nitrogen and oxygen atoms in total. The second-order valence-corrected chi connectivity index (χ2v) is 7.89. The molecule has 0 aliphatic carbocycles. The summed E-state index contributed by atoms with van der Waals surface area (Å²) in [4.78, 5) is 13.4. The number of aromatic nitrogens is 4. The minimum absolute atomic E-state index is 0.170. The Morgan fingerprint density at radius 2 is 1.82 bits per heavy atom. The zero-order chi connectivity index (χ0) is 23.5. The molecule has 8 heteroatoms. The lowest BCUT2D eigenvalue weighted by molar-refractivity contribution is -0.140. The summed E-state index contributed by atoms with van der Waals surface area (Å²) in [5.41, 5.74) is 4.77. The van der Waals surface area contributed by atoms with E-state index in [4.69, 9.17) is 9.47 Å². The highest BCUT2D eigenvalue weighted by atomic mass is 16.5. The van der Waals surface area contributed by atoms with Crippen LogP contribution in [0.25, 0.3) is 11.1 Å². The first kappa shape index (κ1) is 21.4. The van der Waals surface area contributed by atoms with Crippen LogP contribution in [0.1, 0.15) is 24.1 Å². The predicted molar refractivity (Wildman–Crippen MR) is 127 cm³/mol. The molecule has 4 aromatic rings. The maximum absolute atomic E-state index is 13.4. The monoisotopic (exact) mass is 453 g/mol. The van der Waals surface area contributed by atoms with Gasteiger partial charge in [0, 0.05) is 5.70 Å². The molecular weight excluding hydrogens is 430 g/mol. The van der Waals surface area contributed by atoms with Gasteiger partial charge < -0.3 is 14.8 Å². The predicted octanol–water partition coefficient (Wildman–Crippen LogP) is 4.38. The number of nitrogens with one attached hydrogen (secondary N) is 1. The third-order valence-corrected chi connectivity index (χ3v) is 5.78. The minimum Gasteiger partial charge on any atom is -0.497 e. The first-order valence-corrected chi connectivity index (χ1v) is 10.9. The van der Waals surface area contributed by atoms with Crippen molar-refractivity contribution in [3.63, 3.8) is 0 Å². The average molecular weight is 454 g/mol. The molecule has 34 heavy (non-hydrogen) atoms. The Morgan fingerprint density at radius 3 is 2.65 bits per heavy atom. The molecule has 0 fully saturated rings. The van der Waals surface area contributed by atoms with E-state index in [1.165, 1.54) is 0 Å². The summed E-state index contributed by atoms with van der Waals surface area (Å²) >= 11 is 0. The number of ether oxygens (including phenoxy) is 2. The number of tetrazole rings is 1. The standard InChI is InChI=1S/C26H23N5O3/c1-17-23(25(32)34-16-18-9-4-3-5-10-18)24(31-26(27-17)28-29-30-31)22-14-7-6-13-21(22)19-11-8-12-20(15-19)33-2/h3-15,24H,16H2,1-2H3,(H,27,28,30)/t24-/m1/s1. The molecule has 170 valence electrons. The van der Waals surface area contributed by atoms with Gasteiger partial charge in [0.15, 0.2) is 0 Å². The SMILES string of the molecule is COc1cccc(-c2ccccc2[C@@H]2C(C(=O)OCc3ccccc3)=C(C)Nc3nnnn32)c1. The highest BCUT2D eigenvalue weighted by molar-refractivity contribution is 5.93. The van der Waals surface area contributed by atoms with Crippen molar-refractivity contribution in [3.8, 4) is 16.9 Å². The topological polar surface area (TPSA) is 91.2 Å². The summed E-state index contributed by atoms with van der Waals surface area (Å²) in [6, 6.07) is 24.7. The largest absolute Gasteiger partial charge is 0.497 e. The molecule has 0 radical (unpaired) electrons. The number of nitrogens with zero attached hydrogens (tertiary/aromatic N) is 4. The van der Waals surface area contributed by atoms with E-state index in [1.807, 2.05) is 85.8 Å². The van der Waals surface area contributed by atoms with Crippen LogP contribution in [-0.2, 0) is 16.1 Å². The Kier molecular flexibility index (Phi) is 5.78. The van der Waals surface area contributed by atoms with Gasteiger partial charge in [-0.1, -0.05) is 71.8 Å². The number of rotatable bonds is 6. The number of esters is 1. The van der Waals surface area contributed by atoms with E-state index in [0.717, 1.165) is 28.0 Å². The summed E-state index contributed by atoms with van der Waals surface area (Å²) in [5.74, 6) is 0.776. The Balaban J connectivity index is 1.58. The molecular formula is C26H23N5O3.